The summed E-state index contributed by atoms with van der Waals surface area (Å²) < 4.78 is 58.6. The maximum atomic E-state index is 18.2. The van der Waals surface area contributed by atoms with Gasteiger partial charge in [0.25, 0.3) is 5.91 Å². The van der Waals surface area contributed by atoms with Gasteiger partial charge in [0.1, 0.15) is 42.3 Å². The average Bonchev–Trinajstić information content (AvgIpc) is 1.02. The van der Waals surface area contributed by atoms with Crippen molar-refractivity contribution in [3.8, 4) is 34.5 Å². The Kier molecular flexibility index (Phi) is 20.6. The zero-order valence-electron chi connectivity index (χ0n) is 57.5. The third-order valence-electron chi connectivity index (χ3n) is 21.3. The number of hydrogen-bond donors (Lipinski definition) is 1. The van der Waals surface area contributed by atoms with Crippen molar-refractivity contribution in [1.82, 2.24) is 39.9 Å². The van der Waals surface area contributed by atoms with Crippen LogP contribution in [0.2, 0.25) is 16.6 Å². The highest BCUT2D eigenvalue weighted by molar-refractivity contribution is 6.90. The molecule has 94 heavy (non-hydrogen) atoms. The average molecular weight is 1310 g/mol. The predicted octanol–water partition coefficient (Wildman–Crippen LogP) is 13.0. The summed E-state index contributed by atoms with van der Waals surface area (Å²) in [5.41, 5.74) is 6.86. The van der Waals surface area contributed by atoms with Crippen LogP contribution in [0.4, 0.5) is 29.9 Å². The normalized spacial score (nSPS) is 20.4. The van der Waals surface area contributed by atoms with Crippen molar-refractivity contribution in [1.29, 1.82) is 0 Å². The smallest absolute Gasteiger partial charge is 0.410 e. The number of hydrogen-bond acceptors (Lipinski definition) is 14. The number of piperazine rings is 2. The number of aromatic nitrogens is 3. The molecule has 1 aliphatic carbocycles. The van der Waals surface area contributed by atoms with Crippen molar-refractivity contribution < 1.29 is 46.9 Å². The number of benzene rings is 3. The van der Waals surface area contributed by atoms with Crippen molar-refractivity contribution in [2.75, 3.05) is 102 Å². The molecular weight excluding hydrogens is 1210 g/mol. The molecule has 0 radical (unpaired) electrons. The van der Waals surface area contributed by atoms with Gasteiger partial charge < -0.3 is 38.5 Å². The number of piperidine rings is 1. The molecule has 2 unspecified atom stereocenters. The summed E-state index contributed by atoms with van der Waals surface area (Å²) in [5, 5.41) is 3.82. The van der Waals surface area contributed by atoms with Gasteiger partial charge in [0, 0.05) is 120 Å². The molecule has 2 bridgehead atoms. The van der Waals surface area contributed by atoms with E-state index in [0.717, 1.165) is 83.6 Å². The lowest BCUT2D eigenvalue weighted by atomic mass is 9.65. The van der Waals surface area contributed by atoms with E-state index in [9.17, 15) is 19.2 Å². The van der Waals surface area contributed by atoms with E-state index in [4.69, 9.17) is 33.9 Å². The molecule has 5 aliphatic heterocycles. The number of nitrogens with one attached hydrogen (secondary N) is 1. The Balaban J connectivity index is 0.769. The molecule has 18 nitrogen and oxygen atoms in total. The van der Waals surface area contributed by atoms with Crippen molar-refractivity contribution in [2.24, 2.45) is 17.3 Å². The molecule has 1 spiro atoms. The van der Waals surface area contributed by atoms with Gasteiger partial charge in [-0.15, -0.1) is 5.54 Å². The Morgan fingerprint density at radius 1 is 0.819 bits per heavy atom. The number of nitrogens with zero attached hydrogens (tertiary/aromatic N) is 9. The largest absolute Gasteiger partial charge is 0.468 e. The fraction of sp³-hybridized carbons (Fsp3) is 0.603. The standard InChI is InChI=1S/C73H98F2N10O8Si/c1-13-51-14-15-53(37-61(51)84-28-22-62(86)77-70(84)88)68(87)82-29-26-73(27-30-82)24-20-50(21-25-73)41-81-33-31-80(32-34-81)40-49(8)44-91-69-78-66-59(67(79-69)83-42-54-17-18-55(43-83)85(54)71(89)93-72(9,10)11)39-76-65(64(66)75)58-38-56(92-45-90-12)36-52-16-19-60(74)57(63(52)58)23-35-94(46(2)3,47(4)5)48(6)7/h14-16,19,36-39,46-50,54-55H,13,17-18,20-22,24-34,40-45H2,1-12H3,(H,77,86,88)/t49-,54?,55?/m1/s1. The van der Waals surface area contributed by atoms with Crippen LogP contribution in [0.3, 0.4) is 0 Å². The van der Waals surface area contributed by atoms with E-state index < -0.39 is 31.3 Å². The molecule has 7 heterocycles. The minimum Gasteiger partial charge on any atom is -0.468 e. The molecule has 5 saturated heterocycles. The number of aryl methyl sites for hydroxylation is 1. The van der Waals surface area contributed by atoms with E-state index in [1.165, 1.54) is 38.9 Å². The van der Waals surface area contributed by atoms with Gasteiger partial charge in [-0.05, 0) is 148 Å². The second-order valence-electron chi connectivity index (χ2n) is 29.6. The molecule has 21 heteroatoms. The van der Waals surface area contributed by atoms with Gasteiger partial charge in [-0.25, -0.2) is 18.4 Å². The highest BCUT2D eigenvalue weighted by Gasteiger charge is 2.46. The number of fused-ring (bicyclic) bond motifs is 4. The molecule has 1 N–H and O–H groups in total. The van der Waals surface area contributed by atoms with E-state index in [1.54, 1.807) is 29.3 Å². The lowest BCUT2D eigenvalue weighted by Gasteiger charge is -2.47. The maximum absolute atomic E-state index is 18.2. The van der Waals surface area contributed by atoms with Crippen LogP contribution in [0.15, 0.2) is 48.7 Å². The van der Waals surface area contributed by atoms with E-state index >= 15 is 8.78 Å². The fourth-order valence-electron chi connectivity index (χ4n) is 16.4. The van der Waals surface area contributed by atoms with Gasteiger partial charge in [-0.2, -0.15) is 9.97 Å². The molecule has 3 aromatic carbocycles. The zero-order valence-corrected chi connectivity index (χ0v) is 58.5. The molecule has 1 saturated carbocycles. The molecule has 11 rings (SSSR count). The number of imide groups is 1. The van der Waals surface area contributed by atoms with Crippen molar-refractivity contribution >= 4 is 65.2 Å². The van der Waals surface area contributed by atoms with Crippen LogP contribution < -0.4 is 24.6 Å². The number of amides is 5. The number of rotatable bonds is 18. The van der Waals surface area contributed by atoms with Crippen molar-refractivity contribution in [2.45, 2.75) is 175 Å². The molecular formula is C73H98F2N10O8Si. The number of halogens is 2. The summed E-state index contributed by atoms with van der Waals surface area (Å²) in [6, 6.07) is 11.5. The Morgan fingerprint density at radius 3 is 2.14 bits per heavy atom. The maximum Gasteiger partial charge on any atom is 0.410 e. The molecule has 3 atom stereocenters. The Bertz CT molecular complexity index is 3660. The minimum absolute atomic E-state index is 0.00300. The highest BCUT2D eigenvalue weighted by Crippen LogP contribution is 2.48. The van der Waals surface area contributed by atoms with Gasteiger partial charge in [-0.1, -0.05) is 73.4 Å². The van der Waals surface area contributed by atoms with Gasteiger partial charge >= 0.3 is 18.1 Å². The molecule has 2 aromatic heterocycles. The number of methoxy groups -OCH3 is 1. The number of urea groups is 1. The first-order chi connectivity index (χ1) is 44.9. The molecule has 5 amide bonds. The van der Waals surface area contributed by atoms with Crippen LogP contribution in [-0.2, 0) is 20.7 Å². The second-order valence-corrected chi connectivity index (χ2v) is 35.2. The minimum atomic E-state index is -2.36. The van der Waals surface area contributed by atoms with Gasteiger partial charge in [0.2, 0.25) is 5.91 Å². The summed E-state index contributed by atoms with van der Waals surface area (Å²) >= 11 is 0. The Morgan fingerprint density at radius 2 is 1.50 bits per heavy atom. The van der Waals surface area contributed by atoms with Crippen molar-refractivity contribution in [3.05, 3.63) is 77.0 Å². The van der Waals surface area contributed by atoms with Crippen LogP contribution in [0.1, 0.15) is 155 Å². The summed E-state index contributed by atoms with van der Waals surface area (Å²) in [7, 11) is -0.833. The predicted molar refractivity (Wildman–Crippen MR) is 366 cm³/mol. The van der Waals surface area contributed by atoms with Crippen LogP contribution in [-0.4, -0.2) is 177 Å². The number of ether oxygens (including phenoxy) is 4. The third kappa shape index (κ3) is 14.4. The molecule has 5 aromatic rings. The van der Waals surface area contributed by atoms with E-state index in [1.807, 2.05) is 55.7 Å². The first-order valence-electron chi connectivity index (χ1n) is 34.5. The zero-order chi connectivity index (χ0) is 67.0. The van der Waals surface area contributed by atoms with Crippen LogP contribution in [0.25, 0.3) is 32.9 Å². The van der Waals surface area contributed by atoms with Crippen LogP contribution >= 0.6 is 0 Å². The lowest BCUT2D eigenvalue weighted by Crippen LogP contribution is -2.57. The number of anilines is 2. The van der Waals surface area contributed by atoms with E-state index in [0.29, 0.717) is 93.1 Å². The summed E-state index contributed by atoms with van der Waals surface area (Å²) in [6.07, 6.45) is 10.5. The second kappa shape index (κ2) is 28.4. The molecule has 6 fully saturated rings. The highest BCUT2D eigenvalue weighted by atomic mass is 28.3. The first-order valence-corrected chi connectivity index (χ1v) is 36.8. The third-order valence-corrected chi connectivity index (χ3v) is 27.6. The number of pyridine rings is 1. The fourth-order valence-corrected chi connectivity index (χ4v) is 21.6. The lowest BCUT2D eigenvalue weighted by molar-refractivity contribution is -0.120. The van der Waals surface area contributed by atoms with Crippen LogP contribution in [0.5, 0.6) is 11.8 Å². The summed E-state index contributed by atoms with van der Waals surface area (Å²) in [4.78, 5) is 79.7. The summed E-state index contributed by atoms with van der Waals surface area (Å²) in [5.74, 6) is 3.42. The Hall–Kier alpha value is -6.99. The van der Waals surface area contributed by atoms with E-state index in [-0.39, 0.29) is 83.9 Å². The Labute approximate surface area is 555 Å². The van der Waals surface area contributed by atoms with Gasteiger partial charge in [-0.3, -0.25) is 29.7 Å². The summed E-state index contributed by atoms with van der Waals surface area (Å²) in [6.45, 7) is 31.6. The number of likely N-dealkylation sites (tertiary alicyclic amines) is 1. The van der Waals surface area contributed by atoms with Crippen LogP contribution in [0, 0.1) is 40.3 Å². The van der Waals surface area contributed by atoms with Crippen molar-refractivity contribution in [3.63, 3.8) is 0 Å². The molecule has 6 aliphatic rings. The number of carbonyl (C=O) groups is 4. The van der Waals surface area contributed by atoms with Gasteiger partial charge in [0.15, 0.2) is 12.6 Å². The van der Waals surface area contributed by atoms with E-state index in [2.05, 4.69) is 79.9 Å². The topological polar surface area (TPSA) is 175 Å². The first kappa shape index (κ1) is 68.4. The quantitative estimate of drug-likeness (QED) is 0.0498. The monoisotopic (exact) mass is 1310 g/mol. The van der Waals surface area contributed by atoms with Gasteiger partial charge in [0.05, 0.1) is 29.6 Å². The molecule has 506 valence electrons. The SMILES string of the molecule is CCc1ccc(C(=O)N2CCC3(CCC(CN4CCN(C[C@@H](C)COc5nc(N6CC7CCC(C6)N7C(=O)OC(C)(C)C)c6cnc(-c7cc(OCOC)cc8ccc(F)c(C#C[Si](C(C)C)(C(C)C)C(C)C)c78)c(F)c6n5)CC4)CC3)CC2)cc1N1CCC(=O)NC1=O. The number of carbonyl (C=O) groups excluding carboxylic acids is 4.